The second-order valence-electron chi connectivity index (χ2n) is 5.75. The number of ether oxygens (including phenoxy) is 1. The SMILES string of the molecule is COCCN(CC(F)F)C(=O)c1cccc(S(=O)(=O)Nc2ccccc2F)c1. The third-order valence-electron chi connectivity index (χ3n) is 3.72. The van der Waals surface area contributed by atoms with Crippen molar-refractivity contribution >= 4 is 21.6 Å². The Morgan fingerprint density at radius 2 is 1.89 bits per heavy atom. The zero-order valence-electron chi connectivity index (χ0n) is 14.9. The molecule has 10 heteroatoms. The Balaban J connectivity index is 2.28. The van der Waals surface area contributed by atoms with Crippen molar-refractivity contribution in [3.05, 3.63) is 59.9 Å². The molecule has 1 amide bonds. The number of para-hydroxylation sites is 1. The Labute approximate surface area is 161 Å². The van der Waals surface area contributed by atoms with Crippen LogP contribution in [0.5, 0.6) is 0 Å². The molecular formula is C18H19F3N2O4S. The van der Waals surface area contributed by atoms with Gasteiger partial charge in [0.2, 0.25) is 0 Å². The smallest absolute Gasteiger partial charge is 0.262 e. The van der Waals surface area contributed by atoms with E-state index in [9.17, 15) is 26.4 Å². The van der Waals surface area contributed by atoms with Crippen LogP contribution < -0.4 is 4.72 Å². The van der Waals surface area contributed by atoms with Gasteiger partial charge in [-0.25, -0.2) is 21.6 Å². The summed E-state index contributed by atoms with van der Waals surface area (Å²) in [4.78, 5) is 13.1. The number of alkyl halides is 2. The van der Waals surface area contributed by atoms with Crippen LogP contribution in [0.25, 0.3) is 0 Å². The van der Waals surface area contributed by atoms with Gasteiger partial charge in [0.15, 0.2) is 0 Å². The van der Waals surface area contributed by atoms with Crippen LogP contribution in [0, 0.1) is 5.82 Å². The number of methoxy groups -OCH3 is 1. The second kappa shape index (κ2) is 9.56. The van der Waals surface area contributed by atoms with Gasteiger partial charge in [0.05, 0.1) is 23.7 Å². The highest BCUT2D eigenvalue weighted by Gasteiger charge is 2.22. The number of nitrogens with one attached hydrogen (secondary N) is 1. The van der Waals surface area contributed by atoms with E-state index in [1.54, 1.807) is 0 Å². The predicted molar refractivity (Wildman–Crippen MR) is 97.4 cm³/mol. The summed E-state index contributed by atoms with van der Waals surface area (Å²) >= 11 is 0. The van der Waals surface area contributed by atoms with Crippen LogP contribution in [0.15, 0.2) is 53.4 Å². The summed E-state index contributed by atoms with van der Waals surface area (Å²) in [7, 11) is -2.82. The van der Waals surface area contributed by atoms with Gasteiger partial charge in [0, 0.05) is 19.2 Å². The molecule has 0 aliphatic rings. The first-order chi connectivity index (χ1) is 13.2. The lowest BCUT2D eigenvalue weighted by Gasteiger charge is -2.22. The molecule has 152 valence electrons. The van der Waals surface area contributed by atoms with Crippen LogP contribution >= 0.6 is 0 Å². The first-order valence-corrected chi connectivity index (χ1v) is 9.66. The summed E-state index contributed by atoms with van der Waals surface area (Å²) in [5.41, 5.74) is -0.341. The van der Waals surface area contributed by atoms with Crippen molar-refractivity contribution in [1.29, 1.82) is 0 Å². The van der Waals surface area contributed by atoms with Gasteiger partial charge >= 0.3 is 0 Å². The summed E-state index contributed by atoms with van der Waals surface area (Å²) in [6.45, 7) is -0.845. The molecule has 0 fully saturated rings. The number of benzene rings is 2. The molecule has 0 atom stereocenters. The van der Waals surface area contributed by atoms with Gasteiger partial charge < -0.3 is 9.64 Å². The van der Waals surface area contributed by atoms with Gasteiger partial charge in [-0.2, -0.15) is 0 Å². The van der Waals surface area contributed by atoms with Crippen molar-refractivity contribution < 1.29 is 31.1 Å². The maximum atomic E-state index is 13.7. The van der Waals surface area contributed by atoms with E-state index in [0.29, 0.717) is 0 Å². The van der Waals surface area contributed by atoms with Gasteiger partial charge in [-0.1, -0.05) is 18.2 Å². The highest BCUT2D eigenvalue weighted by molar-refractivity contribution is 7.92. The van der Waals surface area contributed by atoms with Crippen molar-refractivity contribution in [2.75, 3.05) is 31.5 Å². The average molecular weight is 416 g/mol. The van der Waals surface area contributed by atoms with Crippen LogP contribution in [0.3, 0.4) is 0 Å². The Kier molecular flexibility index (Phi) is 7.41. The standard InChI is InChI=1S/C18H19F3N2O4S/c1-27-10-9-23(12-17(20)21)18(24)13-5-4-6-14(11-13)28(25,26)22-16-8-3-2-7-15(16)19/h2-8,11,17,22H,9-10,12H2,1H3. The van der Waals surface area contributed by atoms with E-state index in [1.807, 2.05) is 0 Å². The van der Waals surface area contributed by atoms with Crippen LogP contribution in [0.2, 0.25) is 0 Å². The molecule has 0 spiro atoms. The van der Waals surface area contributed by atoms with E-state index in [-0.39, 0.29) is 29.3 Å². The summed E-state index contributed by atoms with van der Waals surface area (Å²) < 4.78 is 71.2. The molecule has 0 radical (unpaired) electrons. The molecular weight excluding hydrogens is 397 g/mol. The fourth-order valence-electron chi connectivity index (χ4n) is 2.37. The van der Waals surface area contributed by atoms with Gasteiger partial charge in [-0.3, -0.25) is 9.52 Å². The number of amides is 1. The van der Waals surface area contributed by atoms with Crippen molar-refractivity contribution in [2.45, 2.75) is 11.3 Å². The number of nitrogens with zero attached hydrogens (tertiary/aromatic N) is 1. The highest BCUT2D eigenvalue weighted by Crippen LogP contribution is 2.20. The molecule has 0 bridgehead atoms. The molecule has 0 saturated carbocycles. The predicted octanol–water partition coefficient (Wildman–Crippen LogP) is 2.98. The van der Waals surface area contributed by atoms with Crippen LogP contribution in [0.1, 0.15) is 10.4 Å². The summed E-state index contributed by atoms with van der Waals surface area (Å²) in [5.74, 6) is -1.53. The van der Waals surface area contributed by atoms with E-state index in [4.69, 9.17) is 4.74 Å². The number of carbonyl (C=O) groups excluding carboxylic acids is 1. The monoisotopic (exact) mass is 416 g/mol. The lowest BCUT2D eigenvalue weighted by Crippen LogP contribution is -2.37. The Hall–Kier alpha value is -2.59. The minimum absolute atomic E-state index is 0.0469. The molecule has 6 nitrogen and oxygen atoms in total. The van der Waals surface area contributed by atoms with Crippen molar-refractivity contribution in [3.63, 3.8) is 0 Å². The van der Waals surface area contributed by atoms with Gasteiger partial charge in [0.1, 0.15) is 5.82 Å². The van der Waals surface area contributed by atoms with Crippen LogP contribution in [0.4, 0.5) is 18.9 Å². The number of rotatable bonds is 9. The highest BCUT2D eigenvalue weighted by atomic mass is 32.2. The second-order valence-corrected chi connectivity index (χ2v) is 7.43. The van der Waals surface area contributed by atoms with Gasteiger partial charge in [-0.05, 0) is 30.3 Å². The lowest BCUT2D eigenvalue weighted by atomic mass is 10.2. The normalized spacial score (nSPS) is 11.5. The van der Waals surface area contributed by atoms with Crippen LogP contribution in [-0.2, 0) is 14.8 Å². The Morgan fingerprint density at radius 3 is 2.54 bits per heavy atom. The van der Waals surface area contributed by atoms with E-state index in [1.165, 1.54) is 43.5 Å². The minimum Gasteiger partial charge on any atom is -0.383 e. The summed E-state index contributed by atoms with van der Waals surface area (Å²) in [6, 6.07) is 10.1. The van der Waals surface area contributed by atoms with Crippen molar-refractivity contribution in [1.82, 2.24) is 4.90 Å². The number of hydrogen-bond donors (Lipinski definition) is 1. The van der Waals surface area contributed by atoms with Gasteiger partial charge in [-0.15, -0.1) is 0 Å². The number of carbonyl (C=O) groups is 1. The molecule has 0 aromatic heterocycles. The maximum absolute atomic E-state index is 13.7. The van der Waals surface area contributed by atoms with Crippen molar-refractivity contribution in [2.24, 2.45) is 0 Å². The largest absolute Gasteiger partial charge is 0.383 e. The first-order valence-electron chi connectivity index (χ1n) is 8.18. The molecule has 0 unspecified atom stereocenters. The molecule has 2 aromatic rings. The number of sulfonamides is 1. The molecule has 2 rings (SSSR count). The van der Waals surface area contributed by atoms with E-state index in [2.05, 4.69) is 4.72 Å². The van der Waals surface area contributed by atoms with Gasteiger partial charge in [0.25, 0.3) is 22.4 Å². The number of hydrogen-bond acceptors (Lipinski definition) is 4. The lowest BCUT2D eigenvalue weighted by molar-refractivity contribution is 0.0478. The molecule has 0 aliphatic heterocycles. The zero-order chi connectivity index (χ0) is 20.7. The zero-order valence-corrected chi connectivity index (χ0v) is 15.8. The quantitative estimate of drug-likeness (QED) is 0.682. The van der Waals surface area contributed by atoms with Crippen LogP contribution in [-0.4, -0.2) is 52.5 Å². The van der Waals surface area contributed by atoms with E-state index < -0.39 is 34.7 Å². The molecule has 2 aromatic carbocycles. The molecule has 0 aliphatic carbocycles. The van der Waals surface area contributed by atoms with E-state index in [0.717, 1.165) is 17.0 Å². The minimum atomic E-state index is -4.19. The number of anilines is 1. The molecule has 1 N–H and O–H groups in total. The average Bonchev–Trinajstić information content (AvgIpc) is 2.66. The fourth-order valence-corrected chi connectivity index (χ4v) is 3.48. The fraction of sp³-hybridized carbons (Fsp3) is 0.278. The summed E-state index contributed by atoms with van der Waals surface area (Å²) in [5, 5.41) is 0. The summed E-state index contributed by atoms with van der Waals surface area (Å²) in [6.07, 6.45) is -2.75. The third kappa shape index (κ3) is 5.70. The molecule has 0 heterocycles. The molecule has 28 heavy (non-hydrogen) atoms. The number of halogens is 3. The topological polar surface area (TPSA) is 75.7 Å². The first kappa shape index (κ1) is 21.7. The Morgan fingerprint density at radius 1 is 1.18 bits per heavy atom. The van der Waals surface area contributed by atoms with Crippen molar-refractivity contribution in [3.8, 4) is 0 Å². The Bertz CT molecular complexity index is 923. The van der Waals surface area contributed by atoms with E-state index >= 15 is 0 Å². The third-order valence-corrected chi connectivity index (χ3v) is 5.08. The molecule has 0 saturated heterocycles. The maximum Gasteiger partial charge on any atom is 0.262 e.